The summed E-state index contributed by atoms with van der Waals surface area (Å²) in [5.41, 5.74) is 2.21. The first-order valence-electron chi connectivity index (χ1n) is 18.1. The lowest BCUT2D eigenvalue weighted by Crippen LogP contribution is -2.55. The fourth-order valence-corrected chi connectivity index (χ4v) is 7.03. The number of allylic oxidation sites excluding steroid dienone is 3. The number of halogens is 1. The summed E-state index contributed by atoms with van der Waals surface area (Å²) in [4.78, 5) is 55.8. The smallest absolute Gasteiger partial charge is 0.251 e. The molecule has 53 heavy (non-hydrogen) atoms. The van der Waals surface area contributed by atoms with Crippen molar-refractivity contribution in [2.75, 3.05) is 37.2 Å². The van der Waals surface area contributed by atoms with Gasteiger partial charge in [-0.1, -0.05) is 62.4 Å². The van der Waals surface area contributed by atoms with Crippen LogP contribution in [0.4, 0.5) is 5.69 Å². The number of amides is 4. The van der Waals surface area contributed by atoms with Gasteiger partial charge in [0.25, 0.3) is 11.8 Å². The van der Waals surface area contributed by atoms with Crippen LogP contribution < -0.4 is 25.6 Å². The van der Waals surface area contributed by atoms with E-state index in [1.165, 1.54) is 25.2 Å². The molecule has 1 heterocycles. The average Bonchev–Trinajstić information content (AvgIpc) is 3.67. The standard InChI is InChI=1S/C39H53ClN6O6S/c1-25(2)35(39(50)46-17-10-11-18-46)44-36(47)27(4)41-24-33(19-28-13-8-7-9-14-28)43-38(49)31-20-30(22-34(23-31)45(5)53(6,51)52)37(48)42-26(3)29-15-12-16-32(40)21-29/h7-9,12-16,20,22-23,25-27,32-33,35,41H,10-11,17-19,21,24H2,1-6H3,(H,42,48)(H,43,49)(H,44,47)/t26-,27+,32?,33+,35+/m1/s1. The second-order valence-electron chi connectivity index (χ2n) is 14.3. The lowest BCUT2D eigenvalue weighted by Gasteiger charge is -2.28. The normalized spacial score (nSPS) is 18.1. The minimum Gasteiger partial charge on any atom is -0.348 e. The van der Waals surface area contributed by atoms with Crippen LogP contribution in [0.25, 0.3) is 0 Å². The van der Waals surface area contributed by atoms with Crippen molar-refractivity contribution >= 4 is 50.9 Å². The molecule has 0 spiro atoms. The highest BCUT2D eigenvalue weighted by molar-refractivity contribution is 7.92. The van der Waals surface area contributed by atoms with Crippen molar-refractivity contribution in [3.8, 4) is 0 Å². The molecule has 1 aliphatic heterocycles. The summed E-state index contributed by atoms with van der Waals surface area (Å²) in [5, 5.41) is 11.9. The SMILES string of the molecule is CC(C)[C@H](NC(=O)[C@H](C)NC[C@H](Cc1ccccc1)NC(=O)c1cc(C(=O)N[C@H](C)C2=CC=CC(Cl)C2)cc(N(C)S(C)(=O)=O)c1)C(=O)N1CCCC1. The van der Waals surface area contributed by atoms with E-state index in [9.17, 15) is 27.6 Å². The minimum absolute atomic E-state index is 0.0781. The number of hydrogen-bond acceptors (Lipinski definition) is 7. The molecule has 288 valence electrons. The molecule has 1 unspecified atom stereocenters. The molecule has 4 N–H and O–H groups in total. The summed E-state index contributed by atoms with van der Waals surface area (Å²) in [5.74, 6) is -1.52. The van der Waals surface area contributed by atoms with E-state index in [2.05, 4.69) is 21.3 Å². The van der Waals surface area contributed by atoms with E-state index in [4.69, 9.17) is 11.6 Å². The van der Waals surface area contributed by atoms with E-state index in [-0.39, 0.29) is 52.5 Å². The van der Waals surface area contributed by atoms with Crippen molar-refractivity contribution in [2.24, 2.45) is 5.92 Å². The third kappa shape index (κ3) is 11.9. The summed E-state index contributed by atoms with van der Waals surface area (Å²) in [6.07, 6.45) is 9.54. The Bertz CT molecular complexity index is 1790. The number of alkyl halides is 1. The first kappa shape index (κ1) is 41.6. The molecule has 1 aliphatic carbocycles. The Labute approximate surface area is 318 Å². The van der Waals surface area contributed by atoms with E-state index in [0.29, 0.717) is 25.9 Å². The van der Waals surface area contributed by atoms with Crippen molar-refractivity contribution in [1.29, 1.82) is 0 Å². The molecule has 2 aliphatic rings. The van der Waals surface area contributed by atoms with Gasteiger partial charge < -0.3 is 26.2 Å². The summed E-state index contributed by atoms with van der Waals surface area (Å²) in [6.45, 7) is 8.93. The van der Waals surface area contributed by atoms with Crippen LogP contribution in [0.2, 0.25) is 0 Å². The van der Waals surface area contributed by atoms with E-state index in [1.54, 1.807) is 11.8 Å². The van der Waals surface area contributed by atoms with Crippen LogP contribution in [-0.2, 0) is 26.0 Å². The van der Waals surface area contributed by atoms with E-state index in [1.807, 2.05) is 69.3 Å². The van der Waals surface area contributed by atoms with Gasteiger partial charge in [0, 0.05) is 49.9 Å². The third-order valence-electron chi connectivity index (χ3n) is 9.64. The molecular formula is C39H53ClN6O6S. The summed E-state index contributed by atoms with van der Waals surface area (Å²) >= 11 is 6.29. The number of hydrogen-bond donors (Lipinski definition) is 4. The zero-order chi connectivity index (χ0) is 38.9. The highest BCUT2D eigenvalue weighted by Gasteiger charge is 2.31. The summed E-state index contributed by atoms with van der Waals surface area (Å²) in [7, 11) is -2.38. The maximum absolute atomic E-state index is 14.0. The van der Waals surface area contributed by atoms with Gasteiger partial charge in [0.05, 0.1) is 23.4 Å². The van der Waals surface area contributed by atoms with Crippen molar-refractivity contribution in [3.63, 3.8) is 0 Å². The number of benzene rings is 2. The number of sulfonamides is 1. The highest BCUT2D eigenvalue weighted by Crippen LogP contribution is 2.23. The second-order valence-corrected chi connectivity index (χ2v) is 16.9. The van der Waals surface area contributed by atoms with Crippen LogP contribution in [-0.4, -0.2) is 99.4 Å². The topological polar surface area (TPSA) is 157 Å². The number of carbonyl (C=O) groups is 4. The average molecular weight is 769 g/mol. The molecular weight excluding hydrogens is 716 g/mol. The van der Waals surface area contributed by atoms with Crippen LogP contribution >= 0.6 is 11.6 Å². The van der Waals surface area contributed by atoms with Crippen LogP contribution in [0.1, 0.15) is 73.2 Å². The molecule has 0 saturated carbocycles. The van der Waals surface area contributed by atoms with Gasteiger partial charge in [0.1, 0.15) is 6.04 Å². The number of nitrogens with zero attached hydrogens (tertiary/aromatic N) is 2. The van der Waals surface area contributed by atoms with Gasteiger partial charge >= 0.3 is 0 Å². The number of carbonyl (C=O) groups excluding carboxylic acids is 4. The van der Waals surface area contributed by atoms with Gasteiger partial charge in [-0.15, -0.1) is 11.6 Å². The molecule has 2 aromatic rings. The molecule has 14 heteroatoms. The first-order chi connectivity index (χ1) is 25.0. The molecule has 2 aromatic carbocycles. The van der Waals surface area contributed by atoms with Gasteiger partial charge in [-0.25, -0.2) is 8.42 Å². The fraction of sp³-hybridized carbons (Fsp3) is 0.487. The van der Waals surface area contributed by atoms with E-state index >= 15 is 0 Å². The molecule has 0 radical (unpaired) electrons. The van der Waals surface area contributed by atoms with Gasteiger partial charge in [0.15, 0.2) is 0 Å². The zero-order valence-electron chi connectivity index (χ0n) is 31.4. The Kier molecular flexibility index (Phi) is 14.7. The zero-order valence-corrected chi connectivity index (χ0v) is 33.0. The predicted octanol–water partition coefficient (Wildman–Crippen LogP) is 3.78. The molecule has 0 bridgehead atoms. The van der Waals surface area contributed by atoms with E-state index < -0.39 is 40.0 Å². The summed E-state index contributed by atoms with van der Waals surface area (Å²) < 4.78 is 26.1. The van der Waals surface area contributed by atoms with Crippen molar-refractivity contribution in [1.82, 2.24) is 26.2 Å². The third-order valence-corrected chi connectivity index (χ3v) is 11.1. The van der Waals surface area contributed by atoms with Gasteiger partial charge in [-0.05, 0) is 74.8 Å². The maximum Gasteiger partial charge on any atom is 0.251 e. The minimum atomic E-state index is -3.73. The monoisotopic (exact) mass is 768 g/mol. The van der Waals surface area contributed by atoms with Gasteiger partial charge in [0.2, 0.25) is 21.8 Å². The first-order valence-corrected chi connectivity index (χ1v) is 20.4. The molecule has 12 nitrogen and oxygen atoms in total. The molecule has 1 fully saturated rings. The maximum atomic E-state index is 14.0. The van der Waals surface area contributed by atoms with Crippen molar-refractivity contribution in [3.05, 3.63) is 89.0 Å². The second kappa shape index (κ2) is 18.7. The Morgan fingerprint density at radius 1 is 0.925 bits per heavy atom. The van der Waals surface area contributed by atoms with E-state index in [0.717, 1.165) is 34.5 Å². The Morgan fingerprint density at radius 3 is 2.13 bits per heavy atom. The lowest BCUT2D eigenvalue weighted by molar-refractivity contribution is -0.137. The Balaban J connectivity index is 1.53. The number of nitrogens with one attached hydrogen (secondary N) is 4. The Morgan fingerprint density at radius 2 is 1.55 bits per heavy atom. The molecule has 4 rings (SSSR count). The van der Waals surface area contributed by atoms with Crippen LogP contribution in [0.3, 0.4) is 0 Å². The van der Waals surface area contributed by atoms with Crippen LogP contribution in [0.15, 0.2) is 72.3 Å². The molecule has 1 saturated heterocycles. The van der Waals surface area contributed by atoms with Crippen LogP contribution in [0, 0.1) is 5.92 Å². The summed E-state index contributed by atoms with van der Waals surface area (Å²) in [6, 6.07) is 11.6. The molecule has 4 amide bonds. The fourth-order valence-electron chi connectivity index (χ4n) is 6.28. The molecule has 0 aromatic heterocycles. The highest BCUT2D eigenvalue weighted by atomic mass is 35.5. The Hall–Kier alpha value is -4.20. The lowest BCUT2D eigenvalue weighted by atomic mass is 9.98. The van der Waals surface area contributed by atoms with Crippen molar-refractivity contribution in [2.45, 2.75) is 82.9 Å². The number of likely N-dealkylation sites (tertiary alicyclic amines) is 1. The van der Waals surface area contributed by atoms with Gasteiger partial charge in [-0.3, -0.25) is 23.5 Å². The number of rotatable bonds is 16. The van der Waals surface area contributed by atoms with Gasteiger partial charge in [-0.2, -0.15) is 0 Å². The van der Waals surface area contributed by atoms with Crippen LogP contribution in [0.5, 0.6) is 0 Å². The number of anilines is 1. The quantitative estimate of drug-likeness (QED) is 0.190. The largest absolute Gasteiger partial charge is 0.348 e. The molecule has 5 atom stereocenters. The predicted molar refractivity (Wildman–Crippen MR) is 210 cm³/mol. The van der Waals surface area contributed by atoms with Crippen molar-refractivity contribution < 1.29 is 27.6 Å².